The minimum Gasteiger partial charge on any atom is -0.364 e. The number of carbonyl (C=O) groups excluding carboxylic acids is 1. The van der Waals surface area contributed by atoms with E-state index in [1.165, 1.54) is 12.1 Å². The van der Waals surface area contributed by atoms with Crippen LogP contribution >= 0.6 is 0 Å². The molecule has 5 rings (SSSR count). The highest BCUT2D eigenvalue weighted by molar-refractivity contribution is 6.00. The van der Waals surface area contributed by atoms with Crippen LogP contribution in [0.1, 0.15) is 11.1 Å². The van der Waals surface area contributed by atoms with Crippen molar-refractivity contribution in [3.8, 4) is 11.4 Å². The predicted octanol–water partition coefficient (Wildman–Crippen LogP) is 6.31. The van der Waals surface area contributed by atoms with Crippen molar-refractivity contribution >= 4 is 34.3 Å². The van der Waals surface area contributed by atoms with E-state index in [9.17, 15) is 18.0 Å². The molecule has 5 aromatic rings. The van der Waals surface area contributed by atoms with Gasteiger partial charge in [0.2, 0.25) is 0 Å². The largest absolute Gasteiger partial charge is 0.416 e. The topological polar surface area (TPSA) is 96.8 Å². The first-order valence-electron chi connectivity index (χ1n) is 11.6. The number of anilines is 3. The predicted molar refractivity (Wildman–Crippen MR) is 140 cm³/mol. The molecule has 0 atom stereocenters. The number of nitrogens with one attached hydrogen (secondary N) is 3. The van der Waals surface area contributed by atoms with Crippen molar-refractivity contribution in [2.75, 3.05) is 16.0 Å². The van der Waals surface area contributed by atoms with Crippen LogP contribution < -0.4 is 16.0 Å². The second-order valence-electron chi connectivity index (χ2n) is 8.51. The van der Waals surface area contributed by atoms with Gasteiger partial charge in [0.25, 0.3) is 0 Å². The first-order valence-corrected chi connectivity index (χ1v) is 11.6. The first-order chi connectivity index (χ1) is 18.3. The maximum absolute atomic E-state index is 13.0. The zero-order valence-corrected chi connectivity index (χ0v) is 20.1. The third kappa shape index (κ3) is 5.56. The van der Waals surface area contributed by atoms with Crippen LogP contribution in [-0.4, -0.2) is 25.6 Å². The SMILES string of the molecule is Cn1ccc2nc(-c3cccc(NC(=O)Nc4cccc(C(F)(F)F)c4)c3)nc(NCc3cccnc3)c21. The summed E-state index contributed by atoms with van der Waals surface area (Å²) >= 11 is 0. The number of alkyl halides is 3. The van der Waals surface area contributed by atoms with Crippen molar-refractivity contribution in [3.63, 3.8) is 0 Å². The Hall–Kier alpha value is -4.93. The van der Waals surface area contributed by atoms with Gasteiger partial charge in [0.05, 0.1) is 11.1 Å². The van der Waals surface area contributed by atoms with Crippen molar-refractivity contribution in [2.45, 2.75) is 12.7 Å². The van der Waals surface area contributed by atoms with Gasteiger partial charge in [-0.15, -0.1) is 0 Å². The highest BCUT2D eigenvalue weighted by atomic mass is 19.4. The molecule has 0 saturated carbocycles. The van der Waals surface area contributed by atoms with E-state index in [2.05, 4.69) is 25.9 Å². The van der Waals surface area contributed by atoms with Crippen LogP contribution in [0.5, 0.6) is 0 Å². The maximum Gasteiger partial charge on any atom is 0.416 e. The minimum absolute atomic E-state index is 0.0238. The molecule has 0 radical (unpaired) electrons. The third-order valence-electron chi connectivity index (χ3n) is 5.73. The van der Waals surface area contributed by atoms with Crippen LogP contribution in [0.3, 0.4) is 0 Å². The lowest BCUT2D eigenvalue weighted by molar-refractivity contribution is -0.137. The number of rotatable bonds is 6. The van der Waals surface area contributed by atoms with E-state index in [0.717, 1.165) is 28.7 Å². The van der Waals surface area contributed by atoms with Gasteiger partial charge in [-0.2, -0.15) is 13.2 Å². The van der Waals surface area contributed by atoms with Gasteiger partial charge in [0.1, 0.15) is 5.52 Å². The van der Waals surface area contributed by atoms with Gasteiger partial charge in [0, 0.05) is 49.1 Å². The molecule has 0 aliphatic carbocycles. The smallest absolute Gasteiger partial charge is 0.364 e. The minimum atomic E-state index is -4.51. The summed E-state index contributed by atoms with van der Waals surface area (Å²) in [5.41, 5.74) is 2.83. The first kappa shape index (κ1) is 24.8. The fraction of sp³-hybridized carbons (Fsp3) is 0.111. The fourth-order valence-corrected chi connectivity index (χ4v) is 3.94. The number of nitrogens with zero attached hydrogens (tertiary/aromatic N) is 4. The molecule has 0 bridgehead atoms. The van der Waals surface area contributed by atoms with E-state index in [1.807, 2.05) is 42.1 Å². The Morgan fingerprint density at radius 3 is 2.45 bits per heavy atom. The lowest BCUT2D eigenvalue weighted by Gasteiger charge is -2.12. The summed E-state index contributed by atoms with van der Waals surface area (Å²) in [5, 5.41) is 8.44. The number of amides is 2. The average molecular weight is 518 g/mol. The summed E-state index contributed by atoms with van der Waals surface area (Å²) in [6, 6.07) is 16.4. The molecule has 3 aromatic heterocycles. The molecule has 0 spiro atoms. The summed E-state index contributed by atoms with van der Waals surface area (Å²) in [7, 11) is 1.91. The van der Waals surface area contributed by atoms with E-state index in [-0.39, 0.29) is 5.69 Å². The Labute approximate surface area is 215 Å². The normalized spacial score (nSPS) is 11.4. The van der Waals surface area contributed by atoms with Crippen molar-refractivity contribution in [1.29, 1.82) is 0 Å². The van der Waals surface area contributed by atoms with E-state index in [1.54, 1.807) is 30.6 Å². The van der Waals surface area contributed by atoms with Crippen LogP contribution in [0.15, 0.2) is 85.3 Å². The number of pyridine rings is 1. The zero-order chi connectivity index (χ0) is 26.7. The number of fused-ring (bicyclic) bond motifs is 1. The molecule has 3 heterocycles. The molecule has 0 aliphatic rings. The molecule has 192 valence electrons. The van der Waals surface area contributed by atoms with Gasteiger partial charge < -0.3 is 20.5 Å². The zero-order valence-electron chi connectivity index (χ0n) is 20.1. The summed E-state index contributed by atoms with van der Waals surface area (Å²) in [6.45, 7) is 0.516. The Balaban J connectivity index is 1.37. The number of aryl methyl sites for hydroxylation is 1. The molecule has 3 N–H and O–H groups in total. The number of benzene rings is 2. The number of hydrogen-bond acceptors (Lipinski definition) is 5. The highest BCUT2D eigenvalue weighted by Crippen LogP contribution is 2.31. The maximum atomic E-state index is 13.0. The lowest BCUT2D eigenvalue weighted by atomic mass is 10.2. The lowest BCUT2D eigenvalue weighted by Crippen LogP contribution is -2.19. The number of hydrogen-bond donors (Lipinski definition) is 3. The molecule has 11 heteroatoms. The van der Waals surface area contributed by atoms with Crippen molar-refractivity contribution in [2.24, 2.45) is 7.05 Å². The van der Waals surface area contributed by atoms with Crippen LogP contribution in [-0.2, 0) is 19.8 Å². The standard InChI is InChI=1S/C27H22F3N7O/c1-37-12-10-22-23(37)25(32-16-17-5-4-11-31-15-17)36-24(35-22)18-6-2-8-20(13-18)33-26(38)34-21-9-3-7-19(14-21)27(28,29)30/h2-15H,16H2,1H3,(H,32,35,36)(H2,33,34,38). The number of aromatic nitrogens is 4. The van der Waals surface area contributed by atoms with Gasteiger partial charge in [-0.25, -0.2) is 14.8 Å². The van der Waals surface area contributed by atoms with Crippen molar-refractivity contribution in [3.05, 3.63) is 96.4 Å². The average Bonchev–Trinajstić information content (AvgIpc) is 3.28. The van der Waals surface area contributed by atoms with E-state index >= 15 is 0 Å². The monoisotopic (exact) mass is 517 g/mol. The molecular formula is C27H22F3N7O. The highest BCUT2D eigenvalue weighted by Gasteiger charge is 2.30. The number of urea groups is 1. The Morgan fingerprint density at radius 1 is 0.947 bits per heavy atom. The Bertz CT molecular complexity index is 1600. The van der Waals surface area contributed by atoms with Gasteiger partial charge in [0.15, 0.2) is 11.6 Å². The summed E-state index contributed by atoms with van der Waals surface area (Å²) in [6.07, 6.45) is 0.877. The molecule has 0 aliphatic heterocycles. The van der Waals surface area contributed by atoms with E-state index in [0.29, 0.717) is 29.4 Å². The second-order valence-corrected chi connectivity index (χ2v) is 8.51. The quantitative estimate of drug-likeness (QED) is 0.245. The van der Waals surface area contributed by atoms with Gasteiger partial charge in [-0.3, -0.25) is 4.98 Å². The molecule has 2 amide bonds. The van der Waals surface area contributed by atoms with Crippen LogP contribution in [0.4, 0.5) is 35.2 Å². The Kier molecular flexibility index (Phi) is 6.65. The molecule has 0 unspecified atom stereocenters. The third-order valence-corrected chi connectivity index (χ3v) is 5.73. The number of halogens is 3. The number of carbonyl (C=O) groups is 1. The molecule has 0 saturated heterocycles. The molecule has 38 heavy (non-hydrogen) atoms. The van der Waals surface area contributed by atoms with Gasteiger partial charge in [-0.1, -0.05) is 24.3 Å². The fourth-order valence-electron chi connectivity index (χ4n) is 3.94. The van der Waals surface area contributed by atoms with Gasteiger partial charge >= 0.3 is 12.2 Å². The van der Waals surface area contributed by atoms with Gasteiger partial charge in [-0.05, 0) is 48.0 Å². The second kappa shape index (κ2) is 10.2. The van der Waals surface area contributed by atoms with E-state index < -0.39 is 17.8 Å². The summed E-state index contributed by atoms with van der Waals surface area (Å²) in [5.74, 6) is 1.08. The van der Waals surface area contributed by atoms with Crippen LogP contribution in [0, 0.1) is 0 Å². The van der Waals surface area contributed by atoms with Crippen LogP contribution in [0.25, 0.3) is 22.4 Å². The summed E-state index contributed by atoms with van der Waals surface area (Å²) < 4.78 is 40.8. The molecule has 2 aromatic carbocycles. The molecular weight excluding hydrogens is 495 g/mol. The van der Waals surface area contributed by atoms with E-state index in [4.69, 9.17) is 4.98 Å². The van der Waals surface area contributed by atoms with Crippen LogP contribution in [0.2, 0.25) is 0 Å². The molecule has 8 nitrogen and oxygen atoms in total. The van der Waals surface area contributed by atoms with Crippen molar-refractivity contribution < 1.29 is 18.0 Å². The summed E-state index contributed by atoms with van der Waals surface area (Å²) in [4.78, 5) is 26.1. The Morgan fingerprint density at radius 2 is 1.71 bits per heavy atom. The van der Waals surface area contributed by atoms with Crippen molar-refractivity contribution in [1.82, 2.24) is 19.5 Å². The molecule has 0 fully saturated rings.